The fraction of sp³-hybridized carbons (Fsp3) is 0.833. The van der Waals surface area contributed by atoms with Crippen molar-refractivity contribution in [2.24, 2.45) is 0 Å². The molecule has 1 atom stereocenters. The van der Waals surface area contributed by atoms with Crippen LogP contribution in [-0.4, -0.2) is 31.0 Å². The highest BCUT2D eigenvalue weighted by Gasteiger charge is 2.06. The van der Waals surface area contributed by atoms with Crippen LogP contribution in [0.2, 0.25) is 0 Å². The Bertz CT molecular complexity index is 101. The maximum absolute atomic E-state index is 10.6. The van der Waals surface area contributed by atoms with E-state index < -0.39 is 6.23 Å². The lowest BCUT2D eigenvalue weighted by Crippen LogP contribution is -2.38. The highest BCUT2D eigenvalue weighted by Crippen LogP contribution is 1.83. The molecule has 10 heavy (non-hydrogen) atoms. The molecule has 0 aliphatic carbocycles. The van der Waals surface area contributed by atoms with Crippen LogP contribution in [-0.2, 0) is 9.53 Å². The summed E-state index contributed by atoms with van der Waals surface area (Å²) >= 11 is 0. The number of hydrogen-bond donors (Lipinski definition) is 2. The third kappa shape index (κ3) is 3.42. The largest absolute Gasteiger partial charge is 0.392 e. The van der Waals surface area contributed by atoms with E-state index in [4.69, 9.17) is 5.11 Å². The molecule has 1 amide bonds. The number of nitrogens with one attached hydrogen (secondary N) is 1. The molecule has 0 saturated heterocycles. The normalized spacial score (nSPS) is 12.7. The van der Waals surface area contributed by atoms with Crippen LogP contribution in [0.15, 0.2) is 0 Å². The van der Waals surface area contributed by atoms with E-state index in [2.05, 4.69) is 10.1 Å². The van der Waals surface area contributed by atoms with Gasteiger partial charge in [-0.3, -0.25) is 4.79 Å². The van der Waals surface area contributed by atoms with Crippen molar-refractivity contribution in [2.45, 2.75) is 19.6 Å². The number of rotatable bonds is 4. The van der Waals surface area contributed by atoms with Gasteiger partial charge in [-0.1, -0.05) is 6.92 Å². The summed E-state index contributed by atoms with van der Waals surface area (Å²) in [5.74, 6) is -0.124. The van der Waals surface area contributed by atoms with Crippen molar-refractivity contribution >= 4 is 5.91 Å². The summed E-state index contributed by atoms with van der Waals surface area (Å²) in [6.07, 6.45) is -0.160. The minimum Gasteiger partial charge on any atom is -0.392 e. The molecule has 0 saturated carbocycles. The zero-order valence-electron chi connectivity index (χ0n) is 6.26. The maximum Gasteiger partial charge on any atom is 0.221 e. The molecular weight excluding hydrogens is 134 g/mol. The first kappa shape index (κ1) is 9.39. The van der Waals surface area contributed by atoms with Crippen molar-refractivity contribution in [1.29, 1.82) is 0 Å². The number of amides is 1. The summed E-state index contributed by atoms with van der Waals surface area (Å²) in [5.41, 5.74) is 0. The van der Waals surface area contributed by atoms with Crippen LogP contribution < -0.4 is 5.32 Å². The molecule has 0 aliphatic rings. The van der Waals surface area contributed by atoms with Crippen LogP contribution in [0.3, 0.4) is 0 Å². The smallest absolute Gasteiger partial charge is 0.221 e. The van der Waals surface area contributed by atoms with E-state index >= 15 is 0 Å². The summed E-state index contributed by atoms with van der Waals surface area (Å²) in [7, 11) is 1.43. The first-order valence-corrected chi connectivity index (χ1v) is 3.17. The van der Waals surface area contributed by atoms with E-state index in [9.17, 15) is 4.79 Å². The number of methoxy groups -OCH3 is 1. The van der Waals surface area contributed by atoms with E-state index in [1.54, 1.807) is 6.92 Å². The molecule has 0 bridgehead atoms. The van der Waals surface area contributed by atoms with Gasteiger partial charge < -0.3 is 15.2 Å². The number of carbonyl (C=O) groups is 1. The number of hydrogen-bond acceptors (Lipinski definition) is 3. The Hall–Kier alpha value is -0.610. The van der Waals surface area contributed by atoms with E-state index in [0.717, 1.165) is 0 Å². The molecular formula is C6H13NO3. The molecule has 0 aromatic carbocycles. The second-order valence-electron chi connectivity index (χ2n) is 1.83. The minimum absolute atomic E-state index is 0.124. The first-order valence-electron chi connectivity index (χ1n) is 3.17. The monoisotopic (exact) mass is 147 g/mol. The second-order valence-corrected chi connectivity index (χ2v) is 1.83. The van der Waals surface area contributed by atoms with Crippen molar-refractivity contribution in [3.05, 3.63) is 0 Å². The molecule has 0 radical (unpaired) electrons. The molecule has 0 spiro atoms. The lowest BCUT2D eigenvalue weighted by Gasteiger charge is -2.12. The highest BCUT2D eigenvalue weighted by molar-refractivity contribution is 5.75. The van der Waals surface area contributed by atoms with E-state index in [1.807, 2.05) is 0 Å². The molecule has 2 N–H and O–H groups in total. The Labute approximate surface area is 60.2 Å². The van der Waals surface area contributed by atoms with Crippen LogP contribution in [0, 0.1) is 0 Å². The summed E-state index contributed by atoms with van der Waals surface area (Å²) < 4.78 is 4.69. The standard InChI is InChI=1S/C6H13NO3/c1-3-5(9)7-6(4-8)10-2/h6,8H,3-4H2,1-2H3,(H,7,9). The van der Waals surface area contributed by atoms with Crippen LogP contribution in [0.5, 0.6) is 0 Å². The SMILES string of the molecule is CCC(=O)NC(CO)OC. The van der Waals surface area contributed by atoms with E-state index in [-0.39, 0.29) is 12.5 Å². The molecule has 4 nitrogen and oxygen atoms in total. The quantitative estimate of drug-likeness (QED) is 0.526. The molecule has 4 heteroatoms. The van der Waals surface area contributed by atoms with Gasteiger partial charge in [0.1, 0.15) is 0 Å². The van der Waals surface area contributed by atoms with Gasteiger partial charge in [0.2, 0.25) is 5.91 Å². The lowest BCUT2D eigenvalue weighted by atomic mass is 10.4. The predicted molar refractivity (Wildman–Crippen MR) is 36.3 cm³/mol. The van der Waals surface area contributed by atoms with Crippen LogP contribution in [0.25, 0.3) is 0 Å². The molecule has 60 valence electrons. The van der Waals surface area contributed by atoms with Crippen molar-refractivity contribution in [3.8, 4) is 0 Å². The molecule has 0 heterocycles. The van der Waals surface area contributed by atoms with Gasteiger partial charge in [-0.2, -0.15) is 0 Å². The van der Waals surface area contributed by atoms with Crippen LogP contribution >= 0.6 is 0 Å². The fourth-order valence-corrected chi connectivity index (χ4v) is 0.461. The molecule has 1 unspecified atom stereocenters. The molecule has 0 aromatic rings. The topological polar surface area (TPSA) is 58.6 Å². The van der Waals surface area contributed by atoms with Crippen molar-refractivity contribution in [2.75, 3.05) is 13.7 Å². The summed E-state index contributed by atoms with van der Waals surface area (Å²) in [4.78, 5) is 10.6. The van der Waals surface area contributed by atoms with Gasteiger partial charge in [-0.15, -0.1) is 0 Å². The highest BCUT2D eigenvalue weighted by atomic mass is 16.5. The molecule has 0 aromatic heterocycles. The minimum atomic E-state index is -0.563. The Morgan fingerprint density at radius 3 is 2.70 bits per heavy atom. The Morgan fingerprint density at radius 2 is 2.40 bits per heavy atom. The van der Waals surface area contributed by atoms with Crippen LogP contribution in [0.1, 0.15) is 13.3 Å². The van der Waals surface area contributed by atoms with Gasteiger partial charge in [0.05, 0.1) is 6.61 Å². The molecule has 0 fully saturated rings. The number of aliphatic hydroxyl groups is 1. The van der Waals surface area contributed by atoms with Crippen molar-refractivity contribution in [1.82, 2.24) is 5.32 Å². The van der Waals surface area contributed by atoms with Gasteiger partial charge in [-0.25, -0.2) is 0 Å². The number of ether oxygens (including phenoxy) is 1. The Morgan fingerprint density at radius 1 is 1.80 bits per heavy atom. The van der Waals surface area contributed by atoms with Crippen LogP contribution in [0.4, 0.5) is 0 Å². The predicted octanol–water partition coefficient (Wildman–Crippen LogP) is -0.523. The van der Waals surface area contributed by atoms with Gasteiger partial charge in [0.15, 0.2) is 6.23 Å². The Kier molecular flexibility index (Phi) is 4.88. The number of aliphatic hydroxyl groups excluding tert-OH is 1. The average Bonchev–Trinajstić information content (AvgIpc) is 1.99. The van der Waals surface area contributed by atoms with Gasteiger partial charge in [-0.05, 0) is 0 Å². The van der Waals surface area contributed by atoms with E-state index in [1.165, 1.54) is 7.11 Å². The summed E-state index contributed by atoms with van der Waals surface area (Å²) in [5, 5.41) is 11.0. The fourth-order valence-electron chi connectivity index (χ4n) is 0.461. The van der Waals surface area contributed by atoms with Gasteiger partial charge >= 0.3 is 0 Å². The molecule has 0 rings (SSSR count). The average molecular weight is 147 g/mol. The first-order chi connectivity index (χ1) is 4.74. The van der Waals surface area contributed by atoms with Crippen molar-refractivity contribution in [3.63, 3.8) is 0 Å². The summed E-state index contributed by atoms with van der Waals surface area (Å²) in [6.45, 7) is 1.54. The molecule has 0 aliphatic heterocycles. The summed E-state index contributed by atoms with van der Waals surface area (Å²) in [6, 6.07) is 0. The maximum atomic E-state index is 10.6. The van der Waals surface area contributed by atoms with Gasteiger partial charge in [0, 0.05) is 13.5 Å². The third-order valence-corrected chi connectivity index (χ3v) is 1.09. The second kappa shape index (κ2) is 5.20. The lowest BCUT2D eigenvalue weighted by molar-refractivity contribution is -0.125. The zero-order chi connectivity index (χ0) is 7.98. The number of carbonyl (C=O) groups excluding carboxylic acids is 1. The third-order valence-electron chi connectivity index (χ3n) is 1.09. The Balaban J connectivity index is 3.52. The van der Waals surface area contributed by atoms with E-state index in [0.29, 0.717) is 6.42 Å². The zero-order valence-corrected chi connectivity index (χ0v) is 6.26. The van der Waals surface area contributed by atoms with Crippen molar-refractivity contribution < 1.29 is 14.6 Å². The van der Waals surface area contributed by atoms with Gasteiger partial charge in [0.25, 0.3) is 0 Å².